The lowest BCUT2D eigenvalue weighted by atomic mass is 9.73. The van der Waals surface area contributed by atoms with Gasteiger partial charge >= 0.3 is 11.9 Å². The average molecular weight is 369 g/mol. The molecule has 1 unspecified atom stereocenters. The number of cyclic esters (lactones) is 1. The Kier molecular flexibility index (Phi) is 4.89. The highest BCUT2D eigenvalue weighted by molar-refractivity contribution is 5.82. The Morgan fingerprint density at radius 2 is 1.92 bits per heavy atom. The van der Waals surface area contributed by atoms with Gasteiger partial charge in [0.15, 0.2) is 11.2 Å². The van der Waals surface area contributed by atoms with Gasteiger partial charge in [-0.3, -0.25) is 4.90 Å². The van der Waals surface area contributed by atoms with Crippen molar-refractivity contribution in [2.24, 2.45) is 11.8 Å². The van der Waals surface area contributed by atoms with Gasteiger partial charge in [-0.2, -0.15) is 0 Å². The molecule has 2 saturated heterocycles. The molecule has 3 aliphatic heterocycles. The zero-order valence-corrected chi connectivity index (χ0v) is 15.3. The first-order valence-corrected chi connectivity index (χ1v) is 8.99. The van der Waals surface area contributed by atoms with Crippen LogP contribution in [-0.2, 0) is 19.1 Å². The quantitative estimate of drug-likeness (QED) is 0.407. The predicted octanol–water partition coefficient (Wildman–Crippen LogP) is -0.784. The Morgan fingerprint density at radius 3 is 2.58 bits per heavy atom. The summed E-state index contributed by atoms with van der Waals surface area (Å²) in [5.74, 6) is -3.56. The van der Waals surface area contributed by atoms with Crippen LogP contribution in [0.25, 0.3) is 0 Å². The predicted molar refractivity (Wildman–Crippen MR) is 89.9 cm³/mol. The molecule has 0 saturated carbocycles. The molecule has 0 aliphatic carbocycles. The third kappa shape index (κ3) is 2.85. The van der Waals surface area contributed by atoms with E-state index in [-0.39, 0.29) is 12.6 Å². The fourth-order valence-corrected chi connectivity index (χ4v) is 4.14. The van der Waals surface area contributed by atoms with Crippen LogP contribution in [0.3, 0.4) is 0 Å². The van der Waals surface area contributed by atoms with Crippen LogP contribution in [0.1, 0.15) is 27.2 Å². The summed E-state index contributed by atoms with van der Waals surface area (Å²) in [4.78, 5) is 27.3. The Balaban J connectivity index is 1.99. The maximum absolute atomic E-state index is 12.7. The van der Waals surface area contributed by atoms with Crippen molar-refractivity contribution in [3.63, 3.8) is 0 Å². The van der Waals surface area contributed by atoms with E-state index in [0.29, 0.717) is 13.0 Å². The van der Waals surface area contributed by atoms with E-state index in [2.05, 4.69) is 4.90 Å². The molecule has 0 radical (unpaired) electrons. The highest BCUT2D eigenvalue weighted by Crippen LogP contribution is 2.37. The molecule has 0 aromatic heterocycles. The van der Waals surface area contributed by atoms with E-state index >= 15 is 0 Å². The Bertz CT molecular complexity index is 631. The van der Waals surface area contributed by atoms with Gasteiger partial charge in [-0.25, -0.2) is 9.59 Å². The summed E-state index contributed by atoms with van der Waals surface area (Å²) < 4.78 is 10.9. The minimum absolute atomic E-state index is 0.0234. The highest BCUT2D eigenvalue weighted by atomic mass is 16.6. The normalized spacial score (nSPS) is 44.5. The number of esters is 2. The van der Waals surface area contributed by atoms with Gasteiger partial charge in [-0.05, 0) is 18.9 Å². The lowest BCUT2D eigenvalue weighted by Gasteiger charge is -2.40. The first kappa shape index (κ1) is 19.3. The molecule has 0 aromatic carbocycles. The van der Waals surface area contributed by atoms with Crippen LogP contribution < -0.4 is 0 Å². The number of carbonyl (C=O) groups is 2. The summed E-state index contributed by atoms with van der Waals surface area (Å²) >= 11 is 0. The molecule has 3 rings (SSSR count). The van der Waals surface area contributed by atoms with Crippen LogP contribution in [-0.4, -0.2) is 81.8 Å². The Morgan fingerprint density at radius 1 is 1.23 bits per heavy atom. The molecule has 8 nitrogen and oxygen atoms in total. The first-order valence-electron chi connectivity index (χ1n) is 8.99. The van der Waals surface area contributed by atoms with Crippen molar-refractivity contribution in [3.05, 3.63) is 11.6 Å². The van der Waals surface area contributed by atoms with Crippen molar-refractivity contribution in [3.8, 4) is 0 Å². The van der Waals surface area contributed by atoms with Gasteiger partial charge in [0.1, 0.15) is 12.7 Å². The molecule has 6 atom stereocenters. The topological polar surface area (TPSA) is 117 Å². The van der Waals surface area contributed by atoms with E-state index < -0.39 is 47.7 Å². The van der Waals surface area contributed by atoms with E-state index in [1.807, 2.05) is 6.08 Å². The number of hydrogen-bond donors (Lipinski definition) is 3. The van der Waals surface area contributed by atoms with Crippen LogP contribution in [0.5, 0.6) is 0 Å². The fraction of sp³-hybridized carbons (Fsp3) is 0.778. The van der Waals surface area contributed by atoms with E-state index in [9.17, 15) is 24.9 Å². The van der Waals surface area contributed by atoms with E-state index in [1.165, 1.54) is 20.8 Å². The van der Waals surface area contributed by atoms with Crippen LogP contribution in [0.15, 0.2) is 11.6 Å². The number of hydrogen-bond acceptors (Lipinski definition) is 8. The van der Waals surface area contributed by atoms with Gasteiger partial charge in [-0.15, -0.1) is 0 Å². The maximum Gasteiger partial charge on any atom is 0.341 e. The average Bonchev–Trinajstić information content (AvgIpc) is 3.19. The lowest BCUT2D eigenvalue weighted by molar-refractivity contribution is -0.196. The summed E-state index contributed by atoms with van der Waals surface area (Å²) in [5.41, 5.74) is -3.34. The first-order chi connectivity index (χ1) is 12.1. The van der Waals surface area contributed by atoms with Crippen molar-refractivity contribution in [1.29, 1.82) is 0 Å². The Hall–Kier alpha value is -1.48. The van der Waals surface area contributed by atoms with Gasteiger partial charge in [0.25, 0.3) is 0 Å². The molecule has 0 aromatic rings. The van der Waals surface area contributed by atoms with Crippen molar-refractivity contribution < 1.29 is 34.4 Å². The molecule has 3 aliphatic rings. The molecule has 0 bridgehead atoms. The van der Waals surface area contributed by atoms with Crippen molar-refractivity contribution >= 4 is 11.9 Å². The molecule has 0 amide bonds. The molecule has 3 heterocycles. The third-order valence-corrected chi connectivity index (χ3v) is 6.44. The van der Waals surface area contributed by atoms with Crippen LogP contribution in [0.2, 0.25) is 0 Å². The largest absolute Gasteiger partial charge is 0.459 e. The second kappa shape index (κ2) is 6.60. The molecule has 0 spiro atoms. The van der Waals surface area contributed by atoms with E-state index in [1.54, 1.807) is 0 Å². The molecule has 3 N–H and O–H groups in total. The number of nitrogens with zero attached hydrogens (tertiary/aromatic N) is 1. The second-order valence-corrected chi connectivity index (χ2v) is 7.83. The zero-order valence-electron chi connectivity index (χ0n) is 15.3. The smallest absolute Gasteiger partial charge is 0.341 e. The van der Waals surface area contributed by atoms with Gasteiger partial charge in [-0.1, -0.05) is 19.9 Å². The number of ether oxygens (including phenoxy) is 2. The molecule has 26 heavy (non-hydrogen) atoms. The van der Waals surface area contributed by atoms with E-state index in [0.717, 1.165) is 12.1 Å². The van der Waals surface area contributed by atoms with Crippen molar-refractivity contribution in [2.45, 2.75) is 50.5 Å². The van der Waals surface area contributed by atoms with E-state index in [4.69, 9.17) is 9.47 Å². The van der Waals surface area contributed by atoms with Crippen molar-refractivity contribution in [1.82, 2.24) is 4.90 Å². The Labute approximate surface area is 152 Å². The monoisotopic (exact) mass is 369 g/mol. The number of aliphatic hydroxyl groups excluding tert-OH is 1. The summed E-state index contributed by atoms with van der Waals surface area (Å²) in [6.45, 7) is 4.86. The zero-order chi connectivity index (χ0) is 19.3. The van der Waals surface area contributed by atoms with Gasteiger partial charge < -0.3 is 24.8 Å². The molecule has 2 fully saturated rings. The van der Waals surface area contributed by atoms with Gasteiger partial charge in [0.05, 0.1) is 12.6 Å². The second-order valence-electron chi connectivity index (χ2n) is 7.83. The van der Waals surface area contributed by atoms with Crippen LogP contribution >= 0.6 is 0 Å². The van der Waals surface area contributed by atoms with Crippen LogP contribution in [0.4, 0.5) is 0 Å². The third-order valence-electron chi connectivity index (χ3n) is 6.44. The maximum atomic E-state index is 12.7. The van der Waals surface area contributed by atoms with Gasteiger partial charge in [0, 0.05) is 24.9 Å². The number of rotatable bonds is 1. The summed E-state index contributed by atoms with van der Waals surface area (Å²) in [6.07, 6.45) is 2.06. The minimum atomic E-state index is -2.22. The van der Waals surface area contributed by atoms with Crippen molar-refractivity contribution in [2.75, 3.05) is 26.3 Å². The van der Waals surface area contributed by atoms with Crippen LogP contribution in [0, 0.1) is 11.8 Å². The standard InChI is InChI=1S/C18H27NO7/c1-10-11(2)18(24,9-20)16(22)26-13-5-7-19-6-4-12(14(13)19)8-25-15(21)17(10,3)23/h4,10-11,13-14,20,23-24H,5-9H2,1-3H3/t10?,11-,13-,14-,17-,18+/m1/s1. The minimum Gasteiger partial charge on any atom is -0.459 e. The molecule has 146 valence electrons. The molecular formula is C18H27NO7. The fourth-order valence-electron chi connectivity index (χ4n) is 4.14. The summed E-state index contributed by atoms with van der Waals surface area (Å²) in [5, 5.41) is 31.3. The molecular weight excluding hydrogens is 342 g/mol. The SMILES string of the molecule is CC1[C@@H](C)[C@@](O)(CO)C(=O)O[C@@H]2CCN3CC=C(COC(=O)[C@]1(C)O)[C@H]23. The molecule has 8 heteroatoms. The lowest BCUT2D eigenvalue weighted by Crippen LogP contribution is -2.58. The summed E-state index contributed by atoms with van der Waals surface area (Å²) in [7, 11) is 0. The highest BCUT2D eigenvalue weighted by Gasteiger charge is 2.54. The number of aliphatic hydroxyl groups is 3. The van der Waals surface area contributed by atoms with Gasteiger partial charge in [0.2, 0.25) is 0 Å². The number of carbonyl (C=O) groups excluding carboxylic acids is 2. The summed E-state index contributed by atoms with van der Waals surface area (Å²) in [6, 6.07) is -0.216.